The number of likely N-dealkylation sites (tertiary alicyclic amines) is 1. The van der Waals surface area contributed by atoms with Crippen LogP contribution in [0.15, 0.2) is 71.8 Å². The summed E-state index contributed by atoms with van der Waals surface area (Å²) < 4.78 is 40.9. The molecular formula is C35H38N4O7S. The summed E-state index contributed by atoms with van der Waals surface area (Å²) in [6, 6.07) is 16.5. The minimum atomic E-state index is -4.09. The minimum absolute atomic E-state index is 0.0254. The molecule has 11 nitrogen and oxygen atoms in total. The molecule has 3 aromatic carbocycles. The summed E-state index contributed by atoms with van der Waals surface area (Å²) in [6.07, 6.45) is 7.29. The van der Waals surface area contributed by atoms with E-state index in [2.05, 4.69) is 10.0 Å². The first-order chi connectivity index (χ1) is 22.6. The third-order valence-corrected chi connectivity index (χ3v) is 10.3. The van der Waals surface area contributed by atoms with E-state index in [0.29, 0.717) is 42.0 Å². The summed E-state index contributed by atoms with van der Waals surface area (Å²) in [5.41, 5.74) is 3.40. The number of carbonyl (C=O) groups is 3. The molecule has 0 atom stereocenters. The highest BCUT2D eigenvalue weighted by Crippen LogP contribution is 2.31. The number of nitrogens with one attached hydrogen (secondary N) is 2. The fourth-order valence-electron chi connectivity index (χ4n) is 6.37. The number of sulfonamides is 1. The maximum absolute atomic E-state index is 13.5. The number of nitrogens with zero attached hydrogens (tertiary/aromatic N) is 2. The molecular weight excluding hydrogens is 620 g/mol. The van der Waals surface area contributed by atoms with Crippen molar-refractivity contribution in [1.29, 1.82) is 0 Å². The molecule has 1 aliphatic heterocycles. The third-order valence-electron chi connectivity index (χ3n) is 8.83. The second-order valence-corrected chi connectivity index (χ2v) is 13.7. The molecule has 0 radical (unpaired) electrons. The molecule has 1 aromatic heterocycles. The number of anilines is 1. The lowest BCUT2D eigenvalue weighted by Crippen LogP contribution is -2.31. The third kappa shape index (κ3) is 6.97. The summed E-state index contributed by atoms with van der Waals surface area (Å²) >= 11 is 0. The maximum Gasteiger partial charge on any atom is 0.411 e. The van der Waals surface area contributed by atoms with Gasteiger partial charge < -0.3 is 14.4 Å². The van der Waals surface area contributed by atoms with E-state index in [1.54, 1.807) is 54.1 Å². The van der Waals surface area contributed by atoms with Crippen molar-refractivity contribution in [3.8, 4) is 5.75 Å². The van der Waals surface area contributed by atoms with E-state index >= 15 is 0 Å². The standard InChI is InChI=1S/C35H38N4O7S/c1-23-9-3-6-12-32(23)47(43,44)37-33(40)25-14-13-24(31(20-25)45-2)19-26-22-39(35(42)38-17-7-8-18-38)30-16-15-27(21-29(26)30)36-34(41)46-28-10-4-5-11-28/h3,6,9,12-16,20-22,28H,4-5,7-8,10-11,17-19H2,1-2H3,(H,36,41)(H,37,40). The van der Waals surface area contributed by atoms with Gasteiger partial charge in [0.15, 0.2) is 0 Å². The van der Waals surface area contributed by atoms with Crippen LogP contribution >= 0.6 is 0 Å². The number of rotatable bonds is 8. The molecule has 0 spiro atoms. The summed E-state index contributed by atoms with van der Waals surface area (Å²) in [6.45, 7) is 3.04. The number of aromatic nitrogens is 1. The van der Waals surface area contributed by atoms with Gasteiger partial charge in [-0.3, -0.25) is 14.7 Å². The highest BCUT2D eigenvalue weighted by atomic mass is 32.2. The Morgan fingerprint density at radius 1 is 0.915 bits per heavy atom. The van der Waals surface area contributed by atoms with Gasteiger partial charge in [0.2, 0.25) is 0 Å². The average Bonchev–Trinajstić information content (AvgIpc) is 3.83. The van der Waals surface area contributed by atoms with Crippen LogP contribution < -0.4 is 14.8 Å². The molecule has 4 aromatic rings. The van der Waals surface area contributed by atoms with Crippen LogP contribution in [0.1, 0.15) is 65.6 Å². The van der Waals surface area contributed by atoms with E-state index in [1.165, 1.54) is 19.2 Å². The smallest absolute Gasteiger partial charge is 0.411 e. The van der Waals surface area contributed by atoms with E-state index < -0.39 is 22.0 Å². The molecule has 2 fully saturated rings. The molecule has 12 heteroatoms. The highest BCUT2D eigenvalue weighted by molar-refractivity contribution is 7.90. The van der Waals surface area contributed by atoms with Crippen LogP contribution in [0.2, 0.25) is 0 Å². The number of amides is 3. The first-order valence-electron chi connectivity index (χ1n) is 15.8. The molecule has 47 heavy (non-hydrogen) atoms. The lowest BCUT2D eigenvalue weighted by Gasteiger charge is -2.16. The number of aryl methyl sites for hydroxylation is 1. The van der Waals surface area contributed by atoms with Gasteiger partial charge in [-0.15, -0.1) is 0 Å². The van der Waals surface area contributed by atoms with Crippen LogP contribution in [0.3, 0.4) is 0 Å². The summed E-state index contributed by atoms with van der Waals surface area (Å²) in [5, 5.41) is 3.61. The second kappa shape index (κ2) is 13.5. The Hall–Kier alpha value is -4.84. The zero-order valence-corrected chi connectivity index (χ0v) is 27.3. The van der Waals surface area contributed by atoms with Gasteiger partial charge in [-0.05, 0) is 98.5 Å². The molecule has 2 aliphatic rings. The first kappa shape index (κ1) is 32.1. The SMILES string of the molecule is COc1cc(C(=O)NS(=O)(=O)c2ccccc2C)ccc1Cc1cn(C(=O)N2CCCC2)c2ccc(NC(=O)OC3CCCC3)cc12. The fraction of sp³-hybridized carbons (Fsp3) is 0.343. The van der Waals surface area contributed by atoms with E-state index in [-0.39, 0.29) is 22.6 Å². The van der Waals surface area contributed by atoms with Crippen molar-refractivity contribution in [2.75, 3.05) is 25.5 Å². The number of hydrogen-bond donors (Lipinski definition) is 2. The highest BCUT2D eigenvalue weighted by Gasteiger charge is 2.25. The lowest BCUT2D eigenvalue weighted by atomic mass is 10.0. The molecule has 0 unspecified atom stereocenters. The van der Waals surface area contributed by atoms with Gasteiger partial charge in [-0.1, -0.05) is 24.3 Å². The van der Waals surface area contributed by atoms with Gasteiger partial charge in [0.05, 0.1) is 17.5 Å². The zero-order valence-electron chi connectivity index (χ0n) is 26.5. The topological polar surface area (TPSA) is 136 Å². The van der Waals surface area contributed by atoms with Gasteiger partial charge in [0.1, 0.15) is 11.9 Å². The van der Waals surface area contributed by atoms with E-state index in [9.17, 15) is 22.8 Å². The largest absolute Gasteiger partial charge is 0.496 e. The zero-order chi connectivity index (χ0) is 33.1. The Morgan fingerprint density at radius 3 is 2.38 bits per heavy atom. The van der Waals surface area contributed by atoms with Gasteiger partial charge >= 0.3 is 12.1 Å². The van der Waals surface area contributed by atoms with E-state index in [1.807, 2.05) is 17.0 Å². The summed E-state index contributed by atoms with van der Waals surface area (Å²) in [7, 11) is -2.62. The summed E-state index contributed by atoms with van der Waals surface area (Å²) in [5.74, 6) is -0.404. The number of carbonyl (C=O) groups excluding carboxylic acids is 3. The number of benzene rings is 3. The van der Waals surface area contributed by atoms with Crippen molar-refractivity contribution in [2.45, 2.75) is 62.9 Å². The molecule has 1 aliphatic carbocycles. The van der Waals surface area contributed by atoms with Gasteiger partial charge in [0, 0.05) is 42.3 Å². The van der Waals surface area contributed by atoms with Crippen molar-refractivity contribution in [1.82, 2.24) is 14.2 Å². The van der Waals surface area contributed by atoms with Crippen LogP contribution in [0, 0.1) is 6.92 Å². The molecule has 2 N–H and O–H groups in total. The lowest BCUT2D eigenvalue weighted by molar-refractivity contribution is 0.0980. The summed E-state index contributed by atoms with van der Waals surface area (Å²) in [4.78, 5) is 41.1. The molecule has 0 bridgehead atoms. The van der Waals surface area contributed by atoms with Crippen LogP contribution in [0.5, 0.6) is 5.75 Å². The number of methoxy groups -OCH3 is 1. The Labute approximate surface area is 273 Å². The molecule has 2 heterocycles. The molecule has 6 rings (SSSR count). The van der Waals surface area contributed by atoms with Crippen molar-refractivity contribution in [3.63, 3.8) is 0 Å². The quantitative estimate of drug-likeness (QED) is 0.229. The predicted molar refractivity (Wildman–Crippen MR) is 178 cm³/mol. The molecule has 1 saturated carbocycles. The maximum atomic E-state index is 13.5. The fourth-order valence-corrected chi connectivity index (χ4v) is 7.59. The minimum Gasteiger partial charge on any atom is -0.496 e. The van der Waals surface area contributed by atoms with Crippen LogP contribution in [0.4, 0.5) is 15.3 Å². The Kier molecular flexibility index (Phi) is 9.21. The van der Waals surface area contributed by atoms with Crippen LogP contribution in [0.25, 0.3) is 10.9 Å². The van der Waals surface area contributed by atoms with Crippen molar-refractivity contribution < 1.29 is 32.3 Å². The Morgan fingerprint density at radius 2 is 1.66 bits per heavy atom. The van der Waals surface area contributed by atoms with Crippen LogP contribution in [-0.4, -0.2) is 62.2 Å². The Bertz CT molecular complexity index is 1940. The second-order valence-electron chi connectivity index (χ2n) is 12.1. The predicted octanol–water partition coefficient (Wildman–Crippen LogP) is 6.22. The van der Waals surface area contributed by atoms with Crippen molar-refractivity contribution >= 4 is 44.6 Å². The van der Waals surface area contributed by atoms with E-state index in [0.717, 1.165) is 55.0 Å². The van der Waals surface area contributed by atoms with Gasteiger partial charge in [0.25, 0.3) is 15.9 Å². The average molecular weight is 659 g/mol. The number of fused-ring (bicyclic) bond motifs is 1. The van der Waals surface area contributed by atoms with Crippen LogP contribution in [-0.2, 0) is 21.2 Å². The van der Waals surface area contributed by atoms with Gasteiger partial charge in [-0.25, -0.2) is 22.7 Å². The normalized spacial score (nSPS) is 15.1. The monoisotopic (exact) mass is 658 g/mol. The van der Waals surface area contributed by atoms with Crippen molar-refractivity contribution in [2.24, 2.45) is 0 Å². The van der Waals surface area contributed by atoms with Gasteiger partial charge in [-0.2, -0.15) is 0 Å². The molecule has 1 saturated heterocycles. The number of ether oxygens (including phenoxy) is 2. The first-order valence-corrected chi connectivity index (χ1v) is 17.3. The number of hydrogen-bond acceptors (Lipinski definition) is 7. The molecule has 246 valence electrons. The molecule has 3 amide bonds. The van der Waals surface area contributed by atoms with E-state index in [4.69, 9.17) is 9.47 Å². The Balaban J connectivity index is 1.28. The van der Waals surface area contributed by atoms with Crippen molar-refractivity contribution in [3.05, 3.63) is 89.1 Å².